The third-order valence-electron chi connectivity index (χ3n) is 2.98. The van der Waals surface area contributed by atoms with Gasteiger partial charge in [0.1, 0.15) is 5.82 Å². The van der Waals surface area contributed by atoms with Crippen molar-refractivity contribution in [3.63, 3.8) is 0 Å². The van der Waals surface area contributed by atoms with E-state index in [-0.39, 0.29) is 0 Å². The fourth-order valence-electron chi connectivity index (χ4n) is 2.10. The van der Waals surface area contributed by atoms with E-state index in [0.29, 0.717) is 0 Å². The SMILES string of the molecule is Cc1nc2ccc3ccccc3c2n1C. The number of imidazole rings is 1. The molecule has 1 aromatic heterocycles. The summed E-state index contributed by atoms with van der Waals surface area (Å²) in [6, 6.07) is 12.6. The molecule has 0 bridgehead atoms. The highest BCUT2D eigenvalue weighted by molar-refractivity contribution is 6.04. The summed E-state index contributed by atoms with van der Waals surface area (Å²) < 4.78 is 2.15. The molecule has 0 saturated heterocycles. The van der Waals surface area contributed by atoms with Crippen LogP contribution in [-0.4, -0.2) is 9.55 Å². The summed E-state index contributed by atoms with van der Waals surface area (Å²) in [6.45, 7) is 2.04. The zero-order valence-corrected chi connectivity index (χ0v) is 8.86. The predicted molar refractivity (Wildman–Crippen MR) is 63.0 cm³/mol. The minimum atomic E-state index is 1.06. The van der Waals surface area contributed by atoms with Gasteiger partial charge in [-0.05, 0) is 18.4 Å². The van der Waals surface area contributed by atoms with E-state index < -0.39 is 0 Å². The molecule has 3 aromatic rings. The van der Waals surface area contributed by atoms with Crippen molar-refractivity contribution in [3.05, 3.63) is 42.2 Å². The monoisotopic (exact) mass is 196 g/mol. The van der Waals surface area contributed by atoms with Crippen molar-refractivity contribution in [2.24, 2.45) is 7.05 Å². The maximum absolute atomic E-state index is 4.53. The van der Waals surface area contributed by atoms with Gasteiger partial charge in [0.25, 0.3) is 0 Å². The van der Waals surface area contributed by atoms with Crippen molar-refractivity contribution < 1.29 is 0 Å². The quantitative estimate of drug-likeness (QED) is 0.540. The molecule has 3 rings (SSSR count). The van der Waals surface area contributed by atoms with Gasteiger partial charge in [-0.15, -0.1) is 0 Å². The average molecular weight is 196 g/mol. The molecule has 0 amide bonds. The van der Waals surface area contributed by atoms with E-state index in [2.05, 4.69) is 53.0 Å². The molecule has 0 atom stereocenters. The van der Waals surface area contributed by atoms with Crippen LogP contribution in [0.5, 0.6) is 0 Å². The molecule has 2 nitrogen and oxygen atoms in total. The minimum absolute atomic E-state index is 1.06. The van der Waals surface area contributed by atoms with Crippen molar-refractivity contribution in [1.82, 2.24) is 9.55 Å². The van der Waals surface area contributed by atoms with Crippen LogP contribution in [0.3, 0.4) is 0 Å². The Kier molecular flexibility index (Phi) is 1.60. The summed E-state index contributed by atoms with van der Waals surface area (Å²) >= 11 is 0. The van der Waals surface area contributed by atoms with Crippen LogP contribution in [0.1, 0.15) is 5.82 Å². The van der Waals surface area contributed by atoms with E-state index >= 15 is 0 Å². The number of aryl methyl sites for hydroxylation is 2. The molecule has 0 saturated carbocycles. The molecule has 0 aliphatic heterocycles. The topological polar surface area (TPSA) is 17.8 Å². The number of rotatable bonds is 0. The van der Waals surface area contributed by atoms with Crippen LogP contribution >= 0.6 is 0 Å². The lowest BCUT2D eigenvalue weighted by atomic mass is 10.1. The standard InChI is InChI=1S/C13H12N2/c1-9-14-12-8-7-10-5-3-4-6-11(10)13(12)15(9)2/h3-8H,1-2H3. The second-order valence-electron chi connectivity index (χ2n) is 3.87. The molecular weight excluding hydrogens is 184 g/mol. The number of hydrogen-bond acceptors (Lipinski definition) is 1. The van der Waals surface area contributed by atoms with Crippen LogP contribution in [-0.2, 0) is 7.05 Å². The first-order valence-corrected chi connectivity index (χ1v) is 5.08. The van der Waals surface area contributed by atoms with Gasteiger partial charge < -0.3 is 4.57 Å². The Morgan fingerprint density at radius 3 is 2.73 bits per heavy atom. The molecule has 74 valence electrons. The first-order valence-electron chi connectivity index (χ1n) is 5.08. The van der Waals surface area contributed by atoms with Gasteiger partial charge in [0.2, 0.25) is 0 Å². The van der Waals surface area contributed by atoms with Crippen molar-refractivity contribution in [1.29, 1.82) is 0 Å². The molecule has 0 fully saturated rings. The van der Waals surface area contributed by atoms with E-state index in [9.17, 15) is 0 Å². The Morgan fingerprint density at radius 2 is 1.87 bits per heavy atom. The van der Waals surface area contributed by atoms with E-state index in [0.717, 1.165) is 11.3 Å². The Morgan fingerprint density at radius 1 is 1.07 bits per heavy atom. The first-order chi connectivity index (χ1) is 7.27. The zero-order valence-electron chi connectivity index (χ0n) is 8.86. The van der Waals surface area contributed by atoms with Crippen molar-refractivity contribution in [3.8, 4) is 0 Å². The first kappa shape index (κ1) is 8.48. The molecule has 0 aliphatic carbocycles. The Labute approximate surface area is 88.2 Å². The number of benzene rings is 2. The second-order valence-corrected chi connectivity index (χ2v) is 3.87. The summed E-state index contributed by atoms with van der Waals surface area (Å²) in [5, 5.41) is 2.55. The van der Waals surface area contributed by atoms with Gasteiger partial charge in [-0.1, -0.05) is 30.3 Å². The van der Waals surface area contributed by atoms with Crippen molar-refractivity contribution >= 4 is 21.8 Å². The lowest BCUT2D eigenvalue weighted by Crippen LogP contribution is -1.90. The maximum Gasteiger partial charge on any atom is 0.106 e. The third-order valence-corrected chi connectivity index (χ3v) is 2.98. The van der Waals surface area contributed by atoms with Gasteiger partial charge in [-0.25, -0.2) is 4.98 Å². The third kappa shape index (κ3) is 1.08. The predicted octanol–water partition coefficient (Wildman–Crippen LogP) is 3.03. The molecule has 0 radical (unpaired) electrons. The summed E-state index contributed by atoms with van der Waals surface area (Å²) in [6.07, 6.45) is 0. The molecule has 1 heterocycles. The molecule has 15 heavy (non-hydrogen) atoms. The van der Waals surface area contributed by atoms with E-state index in [1.807, 2.05) is 6.92 Å². The lowest BCUT2D eigenvalue weighted by molar-refractivity contribution is 0.888. The van der Waals surface area contributed by atoms with E-state index in [1.165, 1.54) is 16.3 Å². The molecule has 2 heteroatoms. The summed E-state index contributed by atoms with van der Waals surface area (Å²) in [7, 11) is 2.07. The van der Waals surface area contributed by atoms with Crippen LogP contribution in [0.25, 0.3) is 21.8 Å². The molecular formula is C13H12N2. The minimum Gasteiger partial charge on any atom is -0.331 e. The smallest absolute Gasteiger partial charge is 0.106 e. The molecule has 0 N–H and O–H groups in total. The molecule has 0 aliphatic rings. The number of fused-ring (bicyclic) bond motifs is 3. The van der Waals surface area contributed by atoms with Crippen molar-refractivity contribution in [2.45, 2.75) is 6.92 Å². The van der Waals surface area contributed by atoms with Gasteiger partial charge in [0, 0.05) is 12.4 Å². The highest BCUT2D eigenvalue weighted by Crippen LogP contribution is 2.24. The van der Waals surface area contributed by atoms with Crippen molar-refractivity contribution in [2.75, 3.05) is 0 Å². The lowest BCUT2D eigenvalue weighted by Gasteiger charge is -2.01. The largest absolute Gasteiger partial charge is 0.331 e. The second kappa shape index (κ2) is 2.83. The average Bonchev–Trinajstić information content (AvgIpc) is 2.55. The van der Waals surface area contributed by atoms with Gasteiger partial charge in [-0.2, -0.15) is 0 Å². The van der Waals surface area contributed by atoms with Crippen LogP contribution < -0.4 is 0 Å². The normalized spacial score (nSPS) is 11.3. The van der Waals surface area contributed by atoms with Gasteiger partial charge >= 0.3 is 0 Å². The van der Waals surface area contributed by atoms with Crippen LogP contribution in [0.2, 0.25) is 0 Å². The number of nitrogens with zero attached hydrogens (tertiary/aromatic N) is 2. The highest BCUT2D eigenvalue weighted by Gasteiger charge is 2.06. The Hall–Kier alpha value is -1.83. The summed E-state index contributed by atoms with van der Waals surface area (Å²) in [5.41, 5.74) is 2.30. The van der Waals surface area contributed by atoms with Gasteiger partial charge in [0.15, 0.2) is 0 Å². The highest BCUT2D eigenvalue weighted by atomic mass is 15.0. The number of hydrogen-bond donors (Lipinski definition) is 0. The summed E-state index contributed by atoms with van der Waals surface area (Å²) in [4.78, 5) is 4.53. The zero-order chi connectivity index (χ0) is 10.4. The van der Waals surface area contributed by atoms with Gasteiger partial charge in [-0.3, -0.25) is 0 Å². The molecule has 0 spiro atoms. The van der Waals surface area contributed by atoms with Crippen LogP contribution in [0.15, 0.2) is 36.4 Å². The Balaban J connectivity index is 2.63. The van der Waals surface area contributed by atoms with Crippen LogP contribution in [0, 0.1) is 6.92 Å². The fourth-order valence-corrected chi connectivity index (χ4v) is 2.10. The number of aromatic nitrogens is 2. The fraction of sp³-hybridized carbons (Fsp3) is 0.154. The van der Waals surface area contributed by atoms with Crippen LogP contribution in [0.4, 0.5) is 0 Å². The van der Waals surface area contributed by atoms with E-state index in [1.54, 1.807) is 0 Å². The van der Waals surface area contributed by atoms with Gasteiger partial charge in [0.05, 0.1) is 11.0 Å². The van der Waals surface area contributed by atoms with E-state index in [4.69, 9.17) is 0 Å². The Bertz CT molecular complexity index is 650. The maximum atomic E-state index is 4.53. The summed E-state index contributed by atoms with van der Waals surface area (Å²) in [5.74, 6) is 1.06. The molecule has 2 aromatic carbocycles. The molecule has 0 unspecified atom stereocenters.